The van der Waals surface area contributed by atoms with Crippen LogP contribution in [0.15, 0.2) is 36.7 Å². The molecule has 3 atom stereocenters. The number of carbonyl (C=O) groups excluding carboxylic acids is 1. The van der Waals surface area contributed by atoms with Gasteiger partial charge in [-0.05, 0) is 42.2 Å². The summed E-state index contributed by atoms with van der Waals surface area (Å²) in [5, 5.41) is 19.1. The predicted octanol–water partition coefficient (Wildman–Crippen LogP) is 3.62. The second-order valence-electron chi connectivity index (χ2n) is 8.01. The van der Waals surface area contributed by atoms with E-state index in [4.69, 9.17) is 9.84 Å². The molecule has 2 amide bonds. The van der Waals surface area contributed by atoms with Gasteiger partial charge in [-0.3, -0.25) is 0 Å². The van der Waals surface area contributed by atoms with Gasteiger partial charge >= 0.3 is 12.2 Å². The maximum atomic E-state index is 13.4. The number of nitrogens with one attached hydrogen (secondary N) is 1. The van der Waals surface area contributed by atoms with E-state index in [0.717, 1.165) is 6.07 Å². The number of aromatic nitrogens is 2. The van der Waals surface area contributed by atoms with E-state index in [-0.39, 0.29) is 30.4 Å². The molecule has 1 aromatic carbocycles. The first kappa shape index (κ1) is 21.5. The average molecular weight is 436 g/mol. The van der Waals surface area contributed by atoms with Gasteiger partial charge in [0.15, 0.2) is 0 Å². The van der Waals surface area contributed by atoms with Gasteiger partial charge in [-0.25, -0.2) is 4.79 Å². The summed E-state index contributed by atoms with van der Waals surface area (Å²) in [6.07, 6.45) is -0.236. The first-order valence-electron chi connectivity index (χ1n) is 10.1. The maximum Gasteiger partial charge on any atom is 0.416 e. The highest BCUT2D eigenvalue weighted by molar-refractivity contribution is 5.90. The molecule has 1 saturated carbocycles. The Morgan fingerprint density at radius 1 is 1.16 bits per heavy atom. The van der Waals surface area contributed by atoms with Crippen molar-refractivity contribution in [2.45, 2.75) is 31.5 Å². The summed E-state index contributed by atoms with van der Waals surface area (Å²) < 4.78 is 45.1. The van der Waals surface area contributed by atoms with E-state index in [1.54, 1.807) is 17.0 Å². The van der Waals surface area contributed by atoms with Crippen molar-refractivity contribution in [3.63, 3.8) is 0 Å². The molecule has 2 aliphatic rings. The summed E-state index contributed by atoms with van der Waals surface area (Å²) in [5.41, 5.74) is 0.831. The fourth-order valence-electron chi connectivity index (χ4n) is 4.75. The van der Waals surface area contributed by atoms with Crippen LogP contribution < -0.4 is 5.32 Å². The van der Waals surface area contributed by atoms with Crippen LogP contribution in [0.25, 0.3) is 0 Å². The lowest BCUT2D eigenvalue weighted by molar-refractivity contribution is -0.138. The Morgan fingerprint density at radius 2 is 1.84 bits per heavy atom. The summed E-state index contributed by atoms with van der Waals surface area (Å²) in [4.78, 5) is 14.4. The molecule has 0 spiro atoms. The molecular weight excluding hydrogens is 413 g/mol. The Hall–Kier alpha value is -2.72. The van der Waals surface area contributed by atoms with Gasteiger partial charge in [-0.2, -0.15) is 23.4 Å². The van der Waals surface area contributed by atoms with Crippen LogP contribution >= 0.6 is 0 Å². The van der Waals surface area contributed by atoms with Crippen LogP contribution in [0.1, 0.15) is 35.4 Å². The van der Waals surface area contributed by atoms with Crippen molar-refractivity contribution in [2.24, 2.45) is 11.8 Å². The van der Waals surface area contributed by atoms with E-state index >= 15 is 0 Å². The highest BCUT2D eigenvalue weighted by atomic mass is 19.4. The zero-order chi connectivity index (χ0) is 22.0. The van der Waals surface area contributed by atoms with E-state index in [9.17, 15) is 18.0 Å². The number of ether oxygens (including phenoxy) is 1. The third-order valence-corrected chi connectivity index (χ3v) is 6.15. The molecule has 2 aromatic rings. The van der Waals surface area contributed by atoms with Crippen LogP contribution in [-0.4, -0.2) is 46.1 Å². The number of halogens is 3. The number of likely N-dealkylation sites (tertiary alicyclic amines) is 1. The van der Waals surface area contributed by atoms with Crippen LogP contribution in [0.4, 0.5) is 23.7 Å². The number of hydrogen-bond acceptors (Lipinski definition) is 5. The minimum Gasteiger partial charge on any atom is -0.371 e. The first-order chi connectivity index (χ1) is 14.9. The highest BCUT2D eigenvalue weighted by Crippen LogP contribution is 2.48. The van der Waals surface area contributed by atoms with Crippen LogP contribution in [0.5, 0.6) is 0 Å². The van der Waals surface area contributed by atoms with E-state index in [1.165, 1.54) is 18.5 Å². The number of aliphatic hydroxyl groups is 1. The molecule has 0 bridgehead atoms. The van der Waals surface area contributed by atoms with Gasteiger partial charge in [0.1, 0.15) is 6.79 Å². The van der Waals surface area contributed by atoms with Gasteiger partial charge in [-0.1, -0.05) is 18.2 Å². The van der Waals surface area contributed by atoms with Gasteiger partial charge in [0, 0.05) is 18.7 Å². The normalized spacial score (nSPS) is 23.1. The molecule has 1 aliphatic carbocycles. The lowest BCUT2D eigenvalue weighted by atomic mass is 9.91. The number of nitrogens with zero attached hydrogens (tertiary/aromatic N) is 3. The van der Waals surface area contributed by atoms with Gasteiger partial charge in [-0.15, -0.1) is 0 Å². The van der Waals surface area contributed by atoms with Crippen molar-refractivity contribution in [2.75, 3.05) is 25.2 Å². The maximum absolute atomic E-state index is 13.4. The third kappa shape index (κ3) is 4.64. The molecule has 2 N–H and O–H groups in total. The predicted molar refractivity (Wildman–Crippen MR) is 105 cm³/mol. The molecule has 10 heteroatoms. The number of urea groups is 1. The van der Waals surface area contributed by atoms with Crippen molar-refractivity contribution >= 4 is 11.7 Å². The second-order valence-corrected chi connectivity index (χ2v) is 8.01. The fraction of sp³-hybridized carbons (Fsp3) is 0.476. The summed E-state index contributed by atoms with van der Waals surface area (Å²) in [5.74, 6) is 0.194. The lowest BCUT2D eigenvalue weighted by Gasteiger charge is -2.22. The molecule has 166 valence electrons. The van der Waals surface area contributed by atoms with E-state index in [0.29, 0.717) is 42.7 Å². The summed E-state index contributed by atoms with van der Waals surface area (Å²) in [6.45, 7) is 0.626. The number of fused-ring (bicyclic) bond motifs is 1. The second kappa shape index (κ2) is 8.80. The van der Waals surface area contributed by atoms with Crippen molar-refractivity contribution in [3.8, 4) is 0 Å². The minimum atomic E-state index is -4.36. The Bertz CT molecular complexity index is 926. The molecular formula is C21H23F3N4O3. The summed E-state index contributed by atoms with van der Waals surface area (Å²) in [6, 6.07) is 5.50. The largest absolute Gasteiger partial charge is 0.416 e. The summed E-state index contributed by atoms with van der Waals surface area (Å²) >= 11 is 0. The molecule has 31 heavy (non-hydrogen) atoms. The van der Waals surface area contributed by atoms with Gasteiger partial charge in [0.25, 0.3) is 0 Å². The van der Waals surface area contributed by atoms with E-state index < -0.39 is 18.5 Å². The fourth-order valence-corrected chi connectivity index (χ4v) is 4.75. The van der Waals surface area contributed by atoms with Gasteiger partial charge in [0.05, 0.1) is 30.3 Å². The number of benzene rings is 1. The number of amides is 2. The topological polar surface area (TPSA) is 87.6 Å². The lowest BCUT2D eigenvalue weighted by Crippen LogP contribution is -2.34. The molecule has 1 saturated heterocycles. The molecule has 2 heterocycles. The molecule has 1 aromatic heterocycles. The van der Waals surface area contributed by atoms with Crippen LogP contribution in [0.2, 0.25) is 0 Å². The van der Waals surface area contributed by atoms with Gasteiger partial charge < -0.3 is 20.1 Å². The summed E-state index contributed by atoms with van der Waals surface area (Å²) in [7, 11) is 0. The Balaban J connectivity index is 1.39. The zero-order valence-electron chi connectivity index (χ0n) is 16.7. The third-order valence-electron chi connectivity index (χ3n) is 6.15. The molecule has 1 unspecified atom stereocenters. The minimum absolute atomic E-state index is 0.0766. The Morgan fingerprint density at radius 3 is 2.52 bits per heavy atom. The smallest absolute Gasteiger partial charge is 0.371 e. The molecule has 1 aliphatic heterocycles. The standard InChI is InChI=1S/C21H23F3N4O3/c22-21(23,24)18-4-2-1-3-17(18)13-5-14-9-28(10-15(14)6-13)20(30)27-19-8-26-25-7-16(19)11-31-12-29/h1-4,7-8,13-15,29H,5-6,9-12H2,(H,25,27,30)/t13?,14-,15+. The molecule has 2 fully saturated rings. The number of anilines is 1. The monoisotopic (exact) mass is 436 g/mol. The number of alkyl halides is 3. The Kier molecular flexibility index (Phi) is 6.10. The van der Waals surface area contributed by atoms with E-state index in [2.05, 4.69) is 15.5 Å². The van der Waals surface area contributed by atoms with Crippen molar-refractivity contribution in [1.82, 2.24) is 15.1 Å². The SMILES string of the molecule is O=C(Nc1cnncc1COCO)N1C[C@H]2CC(c3ccccc3C(F)(F)F)C[C@H]2C1. The molecule has 0 radical (unpaired) electrons. The van der Waals surface area contributed by atoms with Crippen LogP contribution in [0, 0.1) is 11.8 Å². The van der Waals surface area contributed by atoms with Crippen molar-refractivity contribution < 1.29 is 27.8 Å². The first-order valence-corrected chi connectivity index (χ1v) is 10.1. The highest BCUT2D eigenvalue weighted by Gasteiger charge is 2.45. The average Bonchev–Trinajstić information content (AvgIpc) is 3.32. The quantitative estimate of drug-likeness (QED) is 0.699. The molecule has 4 rings (SSSR count). The van der Waals surface area contributed by atoms with Crippen LogP contribution in [0.3, 0.4) is 0 Å². The van der Waals surface area contributed by atoms with Crippen LogP contribution in [-0.2, 0) is 17.5 Å². The number of hydrogen-bond donors (Lipinski definition) is 2. The number of carbonyl (C=O) groups is 1. The van der Waals surface area contributed by atoms with Crippen molar-refractivity contribution in [1.29, 1.82) is 0 Å². The number of rotatable bonds is 5. The molecule has 7 nitrogen and oxygen atoms in total. The van der Waals surface area contributed by atoms with E-state index in [1.807, 2.05) is 0 Å². The Labute approximate surface area is 177 Å². The van der Waals surface area contributed by atoms with Crippen molar-refractivity contribution in [3.05, 3.63) is 53.3 Å². The zero-order valence-corrected chi connectivity index (χ0v) is 16.7. The number of aliphatic hydroxyl groups excluding tert-OH is 1. The van der Waals surface area contributed by atoms with Gasteiger partial charge in [0.2, 0.25) is 0 Å².